The fourth-order valence-corrected chi connectivity index (χ4v) is 4.17. The lowest BCUT2D eigenvalue weighted by Crippen LogP contribution is -2.36. The molecule has 0 spiro atoms. The van der Waals surface area contributed by atoms with Gasteiger partial charge in [-0.15, -0.1) is 0 Å². The maximum atomic E-state index is 11.5. The van der Waals surface area contributed by atoms with E-state index in [2.05, 4.69) is 52.4 Å². The zero-order chi connectivity index (χ0) is 22.0. The summed E-state index contributed by atoms with van der Waals surface area (Å²) in [5.41, 5.74) is 5.54. The van der Waals surface area contributed by atoms with Crippen LogP contribution in [0.4, 0.5) is 17.1 Å². The minimum atomic E-state index is -0.961. The van der Waals surface area contributed by atoms with Crippen molar-refractivity contribution < 1.29 is 9.90 Å². The van der Waals surface area contributed by atoms with E-state index in [0.29, 0.717) is 12.2 Å². The van der Waals surface area contributed by atoms with Crippen molar-refractivity contribution in [3.63, 3.8) is 0 Å². The molecule has 1 aliphatic heterocycles. The molecule has 2 N–H and O–H groups in total. The van der Waals surface area contributed by atoms with E-state index in [0.717, 1.165) is 29.4 Å². The van der Waals surface area contributed by atoms with Gasteiger partial charge in [0.1, 0.15) is 0 Å². The summed E-state index contributed by atoms with van der Waals surface area (Å²) in [6, 6.07) is 16.0. The van der Waals surface area contributed by atoms with E-state index < -0.39 is 5.97 Å². The molecule has 0 amide bonds. The summed E-state index contributed by atoms with van der Waals surface area (Å²) in [6.45, 7) is 1.54. The average Bonchev–Trinajstić information content (AvgIpc) is 2.78. The van der Waals surface area contributed by atoms with Crippen LogP contribution >= 0.6 is 11.6 Å². The van der Waals surface area contributed by atoms with Crippen LogP contribution in [0.3, 0.4) is 0 Å². The van der Waals surface area contributed by atoms with Gasteiger partial charge in [-0.25, -0.2) is 4.79 Å². The lowest BCUT2D eigenvalue weighted by molar-refractivity contribution is 0.0697. The van der Waals surface area contributed by atoms with Gasteiger partial charge >= 0.3 is 5.97 Å². The normalized spacial score (nSPS) is 15.9. The van der Waals surface area contributed by atoms with Crippen molar-refractivity contribution >= 4 is 34.6 Å². The first-order chi connectivity index (χ1) is 14.9. The molecule has 1 atom stereocenters. The van der Waals surface area contributed by atoms with Crippen molar-refractivity contribution in [2.45, 2.75) is 12.5 Å². The van der Waals surface area contributed by atoms with Crippen molar-refractivity contribution in [1.82, 2.24) is 9.88 Å². The molecule has 0 fully saturated rings. The van der Waals surface area contributed by atoms with Crippen molar-refractivity contribution in [2.75, 3.05) is 37.4 Å². The number of nitrogens with zero attached hydrogens (tertiary/aromatic N) is 3. The Bertz CT molecular complexity index is 1090. The number of pyridine rings is 1. The Hall–Kier alpha value is -3.09. The Kier molecular flexibility index (Phi) is 6.11. The van der Waals surface area contributed by atoms with E-state index >= 15 is 0 Å². The summed E-state index contributed by atoms with van der Waals surface area (Å²) < 4.78 is 0. The Labute approximate surface area is 187 Å². The molecule has 7 heteroatoms. The molecule has 0 bridgehead atoms. The zero-order valence-corrected chi connectivity index (χ0v) is 18.3. The van der Waals surface area contributed by atoms with E-state index in [1.54, 1.807) is 6.20 Å². The van der Waals surface area contributed by atoms with E-state index in [1.807, 2.05) is 24.3 Å². The Morgan fingerprint density at radius 2 is 1.97 bits per heavy atom. The van der Waals surface area contributed by atoms with E-state index in [9.17, 15) is 9.90 Å². The van der Waals surface area contributed by atoms with Crippen molar-refractivity contribution in [2.24, 2.45) is 0 Å². The maximum absolute atomic E-state index is 11.5. The van der Waals surface area contributed by atoms with E-state index in [-0.39, 0.29) is 11.6 Å². The highest BCUT2D eigenvalue weighted by atomic mass is 35.5. The lowest BCUT2D eigenvalue weighted by Gasteiger charge is -2.35. The largest absolute Gasteiger partial charge is 0.478 e. The van der Waals surface area contributed by atoms with Gasteiger partial charge in [-0.05, 0) is 67.1 Å². The molecule has 2 aromatic carbocycles. The average molecular weight is 437 g/mol. The first-order valence-corrected chi connectivity index (χ1v) is 10.6. The standard InChI is InChI=1S/C24H25ClN4O2/c1-28-12-10-16-13-19(29(2)18-5-3-17(25)4-6-18)7-8-20(16)23(28)15-27-22-14-26-11-9-21(22)24(30)31/h3-9,11,13-14,23,27H,10,12,15H2,1-2H3,(H,30,31)/t23-/m0/s1. The second-order valence-electron chi connectivity index (χ2n) is 7.77. The maximum Gasteiger partial charge on any atom is 0.337 e. The van der Waals surface area contributed by atoms with E-state index in [1.165, 1.54) is 23.4 Å². The van der Waals surface area contributed by atoms with Crippen LogP contribution in [0, 0.1) is 0 Å². The van der Waals surface area contributed by atoms with Crippen molar-refractivity contribution in [3.8, 4) is 0 Å². The number of carbonyl (C=O) groups is 1. The Morgan fingerprint density at radius 1 is 1.23 bits per heavy atom. The van der Waals surface area contributed by atoms with Crippen LogP contribution in [0.2, 0.25) is 5.02 Å². The lowest BCUT2D eigenvalue weighted by atomic mass is 9.92. The Balaban J connectivity index is 1.56. The first kappa shape index (κ1) is 21.2. The van der Waals surface area contributed by atoms with Crippen molar-refractivity contribution in [1.29, 1.82) is 0 Å². The molecule has 0 aliphatic carbocycles. The molecule has 1 aliphatic rings. The topological polar surface area (TPSA) is 68.7 Å². The third kappa shape index (κ3) is 4.50. The summed E-state index contributed by atoms with van der Waals surface area (Å²) >= 11 is 6.02. The minimum absolute atomic E-state index is 0.139. The third-order valence-corrected chi connectivity index (χ3v) is 6.14. The number of carboxylic acid groups (broad SMARTS) is 1. The fraction of sp³-hybridized carbons (Fsp3) is 0.250. The predicted molar refractivity (Wildman–Crippen MR) is 125 cm³/mol. The SMILES string of the molecule is CN(c1ccc(Cl)cc1)c1ccc2c(c1)CCN(C)[C@H]2CNc1cnccc1C(=O)O. The smallest absolute Gasteiger partial charge is 0.337 e. The second-order valence-corrected chi connectivity index (χ2v) is 8.21. The highest BCUT2D eigenvalue weighted by molar-refractivity contribution is 6.30. The molecule has 0 saturated carbocycles. The van der Waals surface area contributed by atoms with Gasteiger partial charge in [0.05, 0.1) is 23.5 Å². The minimum Gasteiger partial charge on any atom is -0.478 e. The van der Waals surface area contributed by atoms with Crippen LogP contribution in [0.1, 0.15) is 27.5 Å². The van der Waals surface area contributed by atoms with Gasteiger partial charge in [-0.1, -0.05) is 17.7 Å². The summed E-state index contributed by atoms with van der Waals surface area (Å²) in [6.07, 6.45) is 4.03. The van der Waals surface area contributed by atoms with Gasteiger partial charge in [0.25, 0.3) is 0 Å². The van der Waals surface area contributed by atoms with Crippen molar-refractivity contribution in [3.05, 3.63) is 82.6 Å². The monoisotopic (exact) mass is 436 g/mol. The van der Waals surface area contributed by atoms with Crippen LogP contribution in [-0.2, 0) is 6.42 Å². The number of fused-ring (bicyclic) bond motifs is 1. The Morgan fingerprint density at radius 3 is 2.71 bits per heavy atom. The number of halogens is 1. The number of carboxylic acids is 1. The van der Waals surface area contributed by atoms with Crippen LogP contribution in [0.15, 0.2) is 60.9 Å². The molecule has 2 heterocycles. The van der Waals surface area contributed by atoms with Gasteiger partial charge in [-0.3, -0.25) is 9.88 Å². The summed E-state index contributed by atoms with van der Waals surface area (Å²) in [7, 11) is 4.15. The first-order valence-electron chi connectivity index (χ1n) is 10.2. The summed E-state index contributed by atoms with van der Waals surface area (Å²) in [5.74, 6) is -0.961. The van der Waals surface area contributed by atoms with Crippen LogP contribution in [-0.4, -0.2) is 48.1 Å². The van der Waals surface area contributed by atoms with Gasteiger partial charge in [0.15, 0.2) is 0 Å². The molecule has 0 unspecified atom stereocenters. The number of aromatic carboxylic acids is 1. The number of anilines is 3. The predicted octanol–water partition coefficient (Wildman–Crippen LogP) is 4.84. The quantitative estimate of drug-likeness (QED) is 0.576. The number of aromatic nitrogens is 1. The van der Waals surface area contributed by atoms with Gasteiger partial charge < -0.3 is 15.3 Å². The second kappa shape index (κ2) is 8.96. The molecule has 4 rings (SSSR count). The van der Waals surface area contributed by atoms with E-state index in [4.69, 9.17) is 11.6 Å². The van der Waals surface area contributed by atoms with Gasteiger partial charge in [0, 0.05) is 42.7 Å². The van der Waals surface area contributed by atoms with Crippen LogP contribution in [0.5, 0.6) is 0 Å². The molecular formula is C24H25ClN4O2. The van der Waals surface area contributed by atoms with Gasteiger partial charge in [0.2, 0.25) is 0 Å². The number of rotatable bonds is 6. The number of nitrogens with one attached hydrogen (secondary N) is 1. The number of hydrogen-bond acceptors (Lipinski definition) is 5. The third-order valence-electron chi connectivity index (χ3n) is 5.89. The molecule has 160 valence electrons. The number of benzene rings is 2. The molecule has 0 radical (unpaired) electrons. The van der Waals surface area contributed by atoms with Crippen LogP contribution in [0.25, 0.3) is 0 Å². The summed E-state index contributed by atoms with van der Waals surface area (Å²) in [5, 5.41) is 13.4. The number of likely N-dealkylation sites (N-methyl/N-ethyl adjacent to an activating group) is 1. The molecule has 31 heavy (non-hydrogen) atoms. The fourth-order valence-electron chi connectivity index (χ4n) is 4.04. The molecule has 6 nitrogen and oxygen atoms in total. The molecular weight excluding hydrogens is 412 g/mol. The zero-order valence-electron chi connectivity index (χ0n) is 17.5. The number of hydrogen-bond donors (Lipinski definition) is 2. The molecule has 1 aromatic heterocycles. The molecule has 3 aromatic rings. The van der Waals surface area contributed by atoms with Gasteiger partial charge in [-0.2, -0.15) is 0 Å². The van der Waals surface area contributed by atoms with Crippen LogP contribution < -0.4 is 10.2 Å². The summed E-state index contributed by atoms with van der Waals surface area (Å²) in [4.78, 5) is 20.0. The highest BCUT2D eigenvalue weighted by Crippen LogP contribution is 2.34. The highest BCUT2D eigenvalue weighted by Gasteiger charge is 2.25. The molecule has 0 saturated heterocycles.